The Balaban J connectivity index is 1.62. The highest BCUT2D eigenvalue weighted by Crippen LogP contribution is 2.34. The molecular weight excluding hydrogens is 458 g/mol. The van der Waals surface area contributed by atoms with E-state index in [0.717, 1.165) is 41.6 Å². The van der Waals surface area contributed by atoms with Gasteiger partial charge in [0, 0.05) is 4.88 Å². The normalized spacial score (nSPS) is 13.5. The first-order valence-corrected chi connectivity index (χ1v) is 11.8. The predicted molar refractivity (Wildman–Crippen MR) is 130 cm³/mol. The summed E-state index contributed by atoms with van der Waals surface area (Å²) >= 11 is 1.60. The lowest BCUT2D eigenvalue weighted by atomic mass is 9.97. The minimum Gasteiger partial charge on any atom is -0.497 e. The van der Waals surface area contributed by atoms with E-state index in [-0.39, 0.29) is 11.3 Å². The molecule has 5 rings (SSSR count). The fourth-order valence-electron chi connectivity index (χ4n) is 4.24. The summed E-state index contributed by atoms with van der Waals surface area (Å²) in [7, 11) is 1.60. The smallest absolute Gasteiger partial charge is 0.387 e. The topological polar surface area (TPSA) is 53.4 Å². The van der Waals surface area contributed by atoms with Crippen molar-refractivity contribution in [2.24, 2.45) is 0 Å². The molecule has 2 aromatic heterocycles. The van der Waals surface area contributed by atoms with Crippen molar-refractivity contribution in [2.45, 2.75) is 32.3 Å². The monoisotopic (exact) mass is 480 g/mol. The van der Waals surface area contributed by atoms with Gasteiger partial charge in [0.1, 0.15) is 22.2 Å². The van der Waals surface area contributed by atoms with E-state index in [1.807, 2.05) is 24.3 Å². The number of hydrogen-bond donors (Lipinski definition) is 0. The number of aryl methyl sites for hydroxylation is 2. The van der Waals surface area contributed by atoms with E-state index in [2.05, 4.69) is 4.74 Å². The number of halogens is 2. The highest BCUT2D eigenvalue weighted by Gasteiger charge is 2.22. The summed E-state index contributed by atoms with van der Waals surface area (Å²) < 4.78 is 36.1. The minimum absolute atomic E-state index is 0.0881. The van der Waals surface area contributed by atoms with Crippen LogP contribution in [0.5, 0.6) is 11.5 Å². The molecule has 2 aromatic carbocycles. The van der Waals surface area contributed by atoms with Gasteiger partial charge in [0.2, 0.25) is 0 Å². The molecule has 0 fully saturated rings. The molecule has 0 saturated heterocycles. The van der Waals surface area contributed by atoms with Gasteiger partial charge < -0.3 is 9.47 Å². The van der Waals surface area contributed by atoms with Gasteiger partial charge in [-0.25, -0.2) is 4.98 Å². The number of nitrogens with zero attached hydrogens (tertiary/aromatic N) is 2. The number of alkyl halides is 2. The van der Waals surface area contributed by atoms with Gasteiger partial charge in [-0.15, -0.1) is 11.3 Å². The summed E-state index contributed by atoms with van der Waals surface area (Å²) in [5.41, 5.74) is 2.50. The number of thiophene rings is 1. The lowest BCUT2D eigenvalue weighted by Gasteiger charge is -2.13. The van der Waals surface area contributed by atoms with E-state index >= 15 is 0 Å². The van der Waals surface area contributed by atoms with Crippen LogP contribution in [0.1, 0.15) is 34.7 Å². The molecule has 0 radical (unpaired) electrons. The van der Waals surface area contributed by atoms with Gasteiger partial charge in [-0.05, 0) is 79.3 Å². The van der Waals surface area contributed by atoms with E-state index in [0.29, 0.717) is 22.6 Å². The molecule has 0 aliphatic heterocycles. The Hall–Kier alpha value is -3.52. The number of fused-ring (bicyclic) bond motifs is 3. The van der Waals surface area contributed by atoms with Gasteiger partial charge >= 0.3 is 6.61 Å². The van der Waals surface area contributed by atoms with E-state index in [1.54, 1.807) is 47.3 Å². The summed E-state index contributed by atoms with van der Waals surface area (Å²) in [4.78, 5) is 20.6. The maximum Gasteiger partial charge on any atom is 0.387 e. The van der Waals surface area contributed by atoms with Gasteiger partial charge in [0.15, 0.2) is 0 Å². The van der Waals surface area contributed by atoms with Crippen LogP contribution in [0.25, 0.3) is 28.1 Å². The number of ether oxygens (including phenoxy) is 2. The molecule has 8 heteroatoms. The molecule has 1 aliphatic rings. The van der Waals surface area contributed by atoms with E-state index in [1.165, 1.54) is 17.0 Å². The van der Waals surface area contributed by atoms with E-state index < -0.39 is 6.61 Å². The Morgan fingerprint density at radius 1 is 1.00 bits per heavy atom. The Morgan fingerprint density at radius 3 is 2.41 bits per heavy atom. The third-order valence-corrected chi connectivity index (χ3v) is 7.06. The second kappa shape index (κ2) is 9.38. The maximum absolute atomic E-state index is 13.8. The molecule has 0 amide bonds. The Kier molecular flexibility index (Phi) is 6.15. The zero-order valence-corrected chi connectivity index (χ0v) is 19.3. The van der Waals surface area contributed by atoms with Crippen LogP contribution >= 0.6 is 11.3 Å². The van der Waals surface area contributed by atoms with Crippen molar-refractivity contribution in [1.82, 2.24) is 9.55 Å². The van der Waals surface area contributed by atoms with Crippen LogP contribution in [-0.4, -0.2) is 23.3 Å². The summed E-state index contributed by atoms with van der Waals surface area (Å²) in [6.45, 7) is -2.87. The second-order valence-electron chi connectivity index (χ2n) is 7.98. The summed E-state index contributed by atoms with van der Waals surface area (Å²) in [6.07, 6.45) is 7.66. The molecule has 0 atom stereocenters. The van der Waals surface area contributed by atoms with Crippen molar-refractivity contribution < 1.29 is 18.3 Å². The van der Waals surface area contributed by atoms with Crippen molar-refractivity contribution >= 4 is 33.7 Å². The molecule has 0 unspecified atom stereocenters. The predicted octanol–water partition coefficient (Wildman–Crippen LogP) is 6.11. The molecule has 0 spiro atoms. The standard InChI is InChI=1S/C26H22F2N2O3S/c1-32-18-13-9-17(10-14-18)30-22(15-8-16-6-11-19(12-7-16)33-26(27)28)29-24-23(25(30)31)20-4-2-3-5-21(20)34-24/h6-15,26H,2-5H2,1H3. The Morgan fingerprint density at radius 2 is 1.71 bits per heavy atom. The SMILES string of the molecule is COc1ccc(-n2c(C=Cc3ccc(OC(F)F)cc3)nc3sc4c(c3c2=O)CCCC4)cc1. The molecule has 4 aromatic rings. The van der Waals surface area contributed by atoms with Crippen LogP contribution in [0.15, 0.2) is 53.3 Å². The lowest BCUT2D eigenvalue weighted by molar-refractivity contribution is -0.0498. The molecule has 5 nitrogen and oxygen atoms in total. The summed E-state index contributed by atoms with van der Waals surface area (Å²) in [6, 6.07) is 13.6. The van der Waals surface area contributed by atoms with Crippen LogP contribution in [0.4, 0.5) is 8.78 Å². The molecule has 0 bridgehead atoms. The van der Waals surface area contributed by atoms with Gasteiger partial charge in [0.05, 0.1) is 18.2 Å². The van der Waals surface area contributed by atoms with Gasteiger partial charge in [-0.1, -0.05) is 18.2 Å². The molecule has 1 aliphatic carbocycles. The number of benzene rings is 2. The van der Waals surface area contributed by atoms with Crippen LogP contribution < -0.4 is 15.0 Å². The average Bonchev–Trinajstić information content (AvgIpc) is 3.22. The quantitative estimate of drug-likeness (QED) is 0.334. The number of methoxy groups -OCH3 is 1. The van der Waals surface area contributed by atoms with Gasteiger partial charge in [0.25, 0.3) is 5.56 Å². The largest absolute Gasteiger partial charge is 0.497 e. The first-order valence-electron chi connectivity index (χ1n) is 11.0. The minimum atomic E-state index is -2.87. The van der Waals surface area contributed by atoms with E-state index in [9.17, 15) is 13.6 Å². The first-order chi connectivity index (χ1) is 16.5. The molecule has 174 valence electrons. The Bertz CT molecular complexity index is 1410. The number of hydrogen-bond acceptors (Lipinski definition) is 5. The Labute approximate surface area is 198 Å². The maximum atomic E-state index is 13.8. The first kappa shape index (κ1) is 22.3. The molecule has 34 heavy (non-hydrogen) atoms. The van der Waals surface area contributed by atoms with Crippen molar-refractivity contribution in [3.05, 3.63) is 80.7 Å². The van der Waals surface area contributed by atoms with Gasteiger partial charge in [-0.3, -0.25) is 9.36 Å². The summed E-state index contributed by atoms with van der Waals surface area (Å²) in [5.74, 6) is 1.28. The second-order valence-corrected chi connectivity index (χ2v) is 9.06. The molecule has 0 N–H and O–H groups in total. The summed E-state index contributed by atoms with van der Waals surface area (Å²) in [5, 5.41) is 0.709. The van der Waals surface area contributed by atoms with Crippen molar-refractivity contribution in [3.8, 4) is 17.2 Å². The third kappa shape index (κ3) is 4.33. The van der Waals surface area contributed by atoms with Crippen LogP contribution in [0, 0.1) is 0 Å². The highest BCUT2D eigenvalue weighted by molar-refractivity contribution is 7.18. The zero-order valence-electron chi connectivity index (χ0n) is 18.5. The van der Waals surface area contributed by atoms with Crippen molar-refractivity contribution in [3.63, 3.8) is 0 Å². The fourth-order valence-corrected chi connectivity index (χ4v) is 5.50. The van der Waals surface area contributed by atoms with Crippen LogP contribution in [-0.2, 0) is 12.8 Å². The zero-order chi connectivity index (χ0) is 23.7. The van der Waals surface area contributed by atoms with Gasteiger partial charge in [-0.2, -0.15) is 8.78 Å². The van der Waals surface area contributed by atoms with Crippen molar-refractivity contribution in [2.75, 3.05) is 7.11 Å². The average molecular weight is 481 g/mol. The van der Waals surface area contributed by atoms with Crippen molar-refractivity contribution in [1.29, 1.82) is 0 Å². The fraction of sp³-hybridized carbons (Fsp3) is 0.231. The molecular formula is C26H22F2N2O3S. The molecule has 2 heterocycles. The number of rotatable bonds is 6. The van der Waals surface area contributed by atoms with Crippen LogP contribution in [0.2, 0.25) is 0 Å². The lowest BCUT2D eigenvalue weighted by Crippen LogP contribution is -2.22. The van der Waals surface area contributed by atoms with Crippen LogP contribution in [0.3, 0.4) is 0 Å². The molecule has 0 saturated carbocycles. The van der Waals surface area contributed by atoms with E-state index in [4.69, 9.17) is 9.72 Å². The highest BCUT2D eigenvalue weighted by atomic mass is 32.1. The third-order valence-electron chi connectivity index (χ3n) is 5.88. The number of aromatic nitrogens is 2.